The first kappa shape index (κ1) is 15.2. The minimum atomic E-state index is -0.0682. The van der Waals surface area contributed by atoms with Crippen molar-refractivity contribution in [3.63, 3.8) is 0 Å². The van der Waals surface area contributed by atoms with E-state index in [1.54, 1.807) is 24.3 Å². The maximum absolute atomic E-state index is 11.7. The minimum absolute atomic E-state index is 0.0609. The molecule has 100 valence electrons. The van der Waals surface area contributed by atoms with Crippen LogP contribution in [0, 0.1) is 5.92 Å². The van der Waals surface area contributed by atoms with E-state index < -0.39 is 0 Å². The zero-order valence-electron chi connectivity index (χ0n) is 10.8. The largest absolute Gasteiger partial charge is 0.379 e. The fourth-order valence-corrected chi connectivity index (χ4v) is 1.54. The second-order valence-corrected chi connectivity index (χ2v) is 4.89. The zero-order chi connectivity index (χ0) is 13.4. The Balaban J connectivity index is 2.18. The molecule has 1 rings (SSSR count). The lowest BCUT2D eigenvalue weighted by Gasteiger charge is -2.07. The van der Waals surface area contributed by atoms with E-state index in [-0.39, 0.29) is 12.4 Å². The van der Waals surface area contributed by atoms with Crippen molar-refractivity contribution in [1.82, 2.24) is 0 Å². The van der Waals surface area contributed by atoms with Gasteiger partial charge in [0.25, 0.3) is 0 Å². The molecule has 0 spiro atoms. The van der Waals surface area contributed by atoms with Crippen molar-refractivity contribution in [2.75, 3.05) is 26.4 Å². The number of halogens is 1. The van der Waals surface area contributed by atoms with Gasteiger partial charge in [-0.3, -0.25) is 4.79 Å². The summed E-state index contributed by atoms with van der Waals surface area (Å²) in [6.45, 7) is 5.89. The van der Waals surface area contributed by atoms with E-state index in [1.165, 1.54) is 0 Å². The van der Waals surface area contributed by atoms with Gasteiger partial charge in [-0.05, 0) is 18.1 Å². The van der Waals surface area contributed by atoms with E-state index in [0.717, 1.165) is 0 Å². The summed E-state index contributed by atoms with van der Waals surface area (Å²) in [6.07, 6.45) is 0. The quantitative estimate of drug-likeness (QED) is 0.537. The van der Waals surface area contributed by atoms with Gasteiger partial charge in [-0.15, -0.1) is 0 Å². The van der Waals surface area contributed by atoms with Crippen molar-refractivity contribution in [2.45, 2.75) is 13.8 Å². The van der Waals surface area contributed by atoms with Crippen LogP contribution in [-0.2, 0) is 9.47 Å². The fourth-order valence-electron chi connectivity index (χ4n) is 1.35. The van der Waals surface area contributed by atoms with Gasteiger partial charge in [-0.25, -0.2) is 0 Å². The van der Waals surface area contributed by atoms with Gasteiger partial charge < -0.3 is 9.47 Å². The molecule has 3 nitrogen and oxygen atoms in total. The van der Waals surface area contributed by atoms with Crippen LogP contribution in [0.25, 0.3) is 0 Å². The highest BCUT2D eigenvalue weighted by Crippen LogP contribution is 2.11. The predicted octanol–water partition coefficient (Wildman–Crippen LogP) is 3.21. The highest BCUT2D eigenvalue weighted by Gasteiger charge is 2.06. The minimum Gasteiger partial charge on any atom is -0.379 e. The third kappa shape index (κ3) is 6.15. The first-order valence-corrected chi connectivity index (χ1v) is 6.41. The van der Waals surface area contributed by atoms with E-state index >= 15 is 0 Å². The van der Waals surface area contributed by atoms with Crippen molar-refractivity contribution in [3.8, 4) is 0 Å². The number of ether oxygens (including phenoxy) is 2. The lowest BCUT2D eigenvalue weighted by Crippen LogP contribution is -2.13. The van der Waals surface area contributed by atoms with E-state index in [2.05, 4.69) is 13.8 Å². The molecule has 0 heterocycles. The Hall–Kier alpha value is -0.900. The molecule has 0 bridgehead atoms. The number of hydrogen-bond donors (Lipinski definition) is 0. The van der Waals surface area contributed by atoms with Gasteiger partial charge in [0.05, 0.1) is 13.2 Å². The maximum atomic E-state index is 11.7. The average Bonchev–Trinajstić information content (AvgIpc) is 2.33. The molecule has 1 aromatic rings. The smallest absolute Gasteiger partial charge is 0.188 e. The van der Waals surface area contributed by atoms with Gasteiger partial charge in [0.1, 0.15) is 6.61 Å². The second-order valence-electron chi connectivity index (χ2n) is 4.45. The Morgan fingerprint density at radius 3 is 2.67 bits per heavy atom. The molecule has 0 amide bonds. The first-order valence-electron chi connectivity index (χ1n) is 6.04. The molecule has 0 saturated carbocycles. The number of ketones is 1. The van der Waals surface area contributed by atoms with Crippen LogP contribution in [-0.4, -0.2) is 32.2 Å². The van der Waals surface area contributed by atoms with E-state index in [4.69, 9.17) is 21.1 Å². The van der Waals surface area contributed by atoms with Crippen LogP contribution in [0.5, 0.6) is 0 Å². The van der Waals surface area contributed by atoms with Crippen molar-refractivity contribution in [3.05, 3.63) is 34.9 Å². The molecule has 0 aliphatic carbocycles. The van der Waals surface area contributed by atoms with Crippen molar-refractivity contribution in [1.29, 1.82) is 0 Å². The number of rotatable bonds is 8. The van der Waals surface area contributed by atoms with Gasteiger partial charge in [0.2, 0.25) is 0 Å². The Morgan fingerprint density at radius 2 is 2.00 bits per heavy atom. The summed E-state index contributed by atoms with van der Waals surface area (Å²) in [7, 11) is 0. The molecule has 0 aliphatic heterocycles. The van der Waals surface area contributed by atoms with Crippen LogP contribution in [0.3, 0.4) is 0 Å². The summed E-state index contributed by atoms with van der Waals surface area (Å²) in [6, 6.07) is 6.86. The average molecular weight is 271 g/mol. The topological polar surface area (TPSA) is 35.5 Å². The zero-order valence-corrected chi connectivity index (χ0v) is 11.6. The lowest BCUT2D eigenvalue weighted by molar-refractivity contribution is 0.0364. The molecule has 0 N–H and O–H groups in total. The lowest BCUT2D eigenvalue weighted by atomic mass is 10.1. The van der Waals surface area contributed by atoms with Crippen LogP contribution in [0.4, 0.5) is 0 Å². The van der Waals surface area contributed by atoms with E-state index in [1.807, 2.05) is 0 Å². The highest BCUT2D eigenvalue weighted by molar-refractivity contribution is 6.31. The predicted molar refractivity (Wildman–Crippen MR) is 72.3 cm³/mol. The van der Waals surface area contributed by atoms with Crippen LogP contribution < -0.4 is 0 Å². The Kier molecular flexibility index (Phi) is 6.94. The molecule has 0 unspecified atom stereocenters. The summed E-state index contributed by atoms with van der Waals surface area (Å²) >= 11 is 5.81. The molecule has 0 radical (unpaired) electrons. The highest BCUT2D eigenvalue weighted by atomic mass is 35.5. The Bertz CT molecular complexity index is 377. The number of Topliss-reactive ketones (excluding diaryl/α,β-unsaturated/α-hetero) is 1. The first-order chi connectivity index (χ1) is 8.59. The Labute approximate surface area is 113 Å². The van der Waals surface area contributed by atoms with E-state index in [9.17, 15) is 4.79 Å². The normalized spacial score (nSPS) is 10.9. The molecule has 0 saturated heterocycles. The molecule has 0 aliphatic rings. The van der Waals surface area contributed by atoms with Gasteiger partial charge in [-0.2, -0.15) is 0 Å². The summed E-state index contributed by atoms with van der Waals surface area (Å²) in [5.74, 6) is 0.444. The molecule has 0 atom stereocenters. The number of hydrogen-bond acceptors (Lipinski definition) is 3. The van der Waals surface area contributed by atoms with Crippen LogP contribution in [0.1, 0.15) is 24.2 Å². The molecule has 0 aromatic heterocycles. The summed E-state index contributed by atoms with van der Waals surface area (Å²) < 4.78 is 10.6. The van der Waals surface area contributed by atoms with Crippen LogP contribution in [0.2, 0.25) is 5.02 Å². The fraction of sp³-hybridized carbons (Fsp3) is 0.500. The van der Waals surface area contributed by atoms with Gasteiger partial charge in [0.15, 0.2) is 5.78 Å². The summed E-state index contributed by atoms with van der Waals surface area (Å²) in [4.78, 5) is 11.7. The van der Waals surface area contributed by atoms with Crippen LogP contribution >= 0.6 is 11.6 Å². The maximum Gasteiger partial charge on any atom is 0.188 e. The SMILES string of the molecule is CC(C)COCCOCC(=O)c1cccc(Cl)c1. The van der Waals surface area contributed by atoms with Crippen molar-refractivity contribution in [2.24, 2.45) is 5.92 Å². The monoisotopic (exact) mass is 270 g/mol. The van der Waals surface area contributed by atoms with Crippen molar-refractivity contribution >= 4 is 17.4 Å². The number of carbonyl (C=O) groups excluding carboxylic acids is 1. The third-order valence-electron chi connectivity index (χ3n) is 2.20. The third-order valence-corrected chi connectivity index (χ3v) is 2.44. The summed E-state index contributed by atoms with van der Waals surface area (Å²) in [5.41, 5.74) is 0.575. The molecular weight excluding hydrogens is 252 g/mol. The number of benzene rings is 1. The summed E-state index contributed by atoms with van der Waals surface area (Å²) in [5, 5.41) is 0.557. The van der Waals surface area contributed by atoms with Crippen molar-refractivity contribution < 1.29 is 14.3 Å². The number of carbonyl (C=O) groups is 1. The molecule has 18 heavy (non-hydrogen) atoms. The van der Waals surface area contributed by atoms with Gasteiger partial charge >= 0.3 is 0 Å². The molecule has 4 heteroatoms. The Morgan fingerprint density at radius 1 is 1.28 bits per heavy atom. The van der Waals surface area contributed by atoms with Gasteiger partial charge in [-0.1, -0.05) is 37.6 Å². The molecule has 0 fully saturated rings. The van der Waals surface area contributed by atoms with Crippen LogP contribution in [0.15, 0.2) is 24.3 Å². The second kappa shape index (κ2) is 8.25. The molecular formula is C14H19ClO3. The molecule has 1 aromatic carbocycles. The van der Waals surface area contributed by atoms with Gasteiger partial charge in [0, 0.05) is 17.2 Å². The van der Waals surface area contributed by atoms with E-state index in [0.29, 0.717) is 36.3 Å². The standard InChI is InChI=1S/C14H19ClO3/c1-11(2)9-17-6-7-18-10-14(16)12-4-3-5-13(15)8-12/h3-5,8,11H,6-7,9-10H2,1-2H3.